The average Bonchev–Trinajstić information content (AvgIpc) is 2.92. The van der Waals surface area contributed by atoms with E-state index >= 15 is 0 Å². The molecule has 1 saturated heterocycles. The highest BCUT2D eigenvalue weighted by Gasteiger charge is 2.44. The van der Waals surface area contributed by atoms with Gasteiger partial charge in [0.25, 0.3) is 0 Å². The van der Waals surface area contributed by atoms with E-state index in [9.17, 15) is 4.79 Å². The van der Waals surface area contributed by atoms with Gasteiger partial charge in [0.15, 0.2) is 0 Å². The Morgan fingerprint density at radius 3 is 2.57 bits per heavy atom. The van der Waals surface area contributed by atoms with Crippen molar-refractivity contribution in [3.8, 4) is 0 Å². The summed E-state index contributed by atoms with van der Waals surface area (Å²) in [5.41, 5.74) is 3.42. The summed E-state index contributed by atoms with van der Waals surface area (Å²) < 4.78 is 0. The molecule has 1 aliphatic heterocycles. The zero-order valence-electron chi connectivity index (χ0n) is 13.9. The molecule has 2 unspecified atom stereocenters. The number of hydrogen-bond donors (Lipinski definition) is 2. The first-order chi connectivity index (χ1) is 9.86. The molecule has 3 nitrogen and oxygen atoms in total. The van der Waals surface area contributed by atoms with Crippen LogP contribution >= 0.6 is 0 Å². The molecule has 1 amide bonds. The molecule has 0 radical (unpaired) electrons. The van der Waals surface area contributed by atoms with Gasteiger partial charge in [-0.2, -0.15) is 0 Å². The highest BCUT2D eigenvalue weighted by atomic mass is 16.2. The normalized spacial score (nSPS) is 23.3. The molecule has 0 aromatic heterocycles. The van der Waals surface area contributed by atoms with Crippen molar-refractivity contribution in [2.24, 2.45) is 11.3 Å². The van der Waals surface area contributed by atoms with Crippen molar-refractivity contribution < 1.29 is 4.79 Å². The Morgan fingerprint density at radius 1 is 1.29 bits per heavy atom. The van der Waals surface area contributed by atoms with Crippen LogP contribution < -0.4 is 10.6 Å². The van der Waals surface area contributed by atoms with Crippen molar-refractivity contribution in [2.75, 3.05) is 13.1 Å². The number of benzene rings is 1. The minimum absolute atomic E-state index is 0.0497. The van der Waals surface area contributed by atoms with Crippen LogP contribution in [0.25, 0.3) is 0 Å². The zero-order chi connectivity index (χ0) is 15.6. The lowest BCUT2D eigenvalue weighted by Crippen LogP contribution is -2.46. The summed E-state index contributed by atoms with van der Waals surface area (Å²) in [6.07, 6.45) is 0.927. The van der Waals surface area contributed by atoms with Gasteiger partial charge in [-0.25, -0.2) is 0 Å². The Morgan fingerprint density at radius 2 is 2.00 bits per heavy atom. The molecule has 2 atom stereocenters. The second-order valence-electron chi connectivity index (χ2n) is 6.79. The lowest BCUT2D eigenvalue weighted by atomic mass is 9.75. The highest BCUT2D eigenvalue weighted by molar-refractivity contribution is 5.84. The fourth-order valence-corrected chi connectivity index (χ4v) is 3.30. The van der Waals surface area contributed by atoms with Crippen molar-refractivity contribution in [1.29, 1.82) is 0 Å². The summed E-state index contributed by atoms with van der Waals surface area (Å²) >= 11 is 0. The first-order valence-corrected chi connectivity index (χ1v) is 7.95. The highest BCUT2D eigenvalue weighted by Crippen LogP contribution is 2.35. The Balaban J connectivity index is 2.16. The van der Waals surface area contributed by atoms with E-state index < -0.39 is 0 Å². The van der Waals surface area contributed by atoms with Gasteiger partial charge in [0, 0.05) is 6.54 Å². The maximum Gasteiger partial charge on any atom is 0.228 e. The number of nitrogens with one attached hydrogen (secondary N) is 2. The van der Waals surface area contributed by atoms with Gasteiger partial charge in [-0.3, -0.25) is 4.79 Å². The summed E-state index contributed by atoms with van der Waals surface area (Å²) in [6.45, 7) is 12.3. The van der Waals surface area contributed by atoms with Gasteiger partial charge < -0.3 is 10.6 Å². The van der Waals surface area contributed by atoms with Crippen molar-refractivity contribution in [1.82, 2.24) is 10.6 Å². The molecule has 3 heteroatoms. The molecule has 0 aliphatic carbocycles. The van der Waals surface area contributed by atoms with Gasteiger partial charge in [-0.05, 0) is 50.8 Å². The van der Waals surface area contributed by atoms with Crippen molar-refractivity contribution in [3.63, 3.8) is 0 Å². The van der Waals surface area contributed by atoms with Crippen LogP contribution in [0.1, 0.15) is 49.9 Å². The molecule has 1 aromatic rings. The number of carbonyl (C=O) groups is 1. The third kappa shape index (κ3) is 3.13. The fourth-order valence-electron chi connectivity index (χ4n) is 3.30. The minimum Gasteiger partial charge on any atom is -0.349 e. The van der Waals surface area contributed by atoms with Gasteiger partial charge in [-0.1, -0.05) is 37.6 Å². The number of amides is 1. The molecule has 21 heavy (non-hydrogen) atoms. The molecular formula is C18H28N2O. The number of hydrogen-bond acceptors (Lipinski definition) is 2. The molecule has 116 valence electrons. The third-order valence-corrected chi connectivity index (χ3v) is 4.99. The van der Waals surface area contributed by atoms with Crippen LogP contribution in [-0.2, 0) is 4.79 Å². The lowest BCUT2D eigenvalue weighted by Gasteiger charge is -2.32. The van der Waals surface area contributed by atoms with E-state index in [4.69, 9.17) is 0 Å². The van der Waals surface area contributed by atoms with Crippen molar-refractivity contribution in [3.05, 3.63) is 34.9 Å². The van der Waals surface area contributed by atoms with Gasteiger partial charge in [-0.15, -0.1) is 0 Å². The average molecular weight is 288 g/mol. The maximum absolute atomic E-state index is 12.8. The van der Waals surface area contributed by atoms with E-state index in [2.05, 4.69) is 63.5 Å². The first-order valence-electron chi connectivity index (χ1n) is 7.95. The molecule has 0 bridgehead atoms. The smallest absolute Gasteiger partial charge is 0.228 e. The lowest BCUT2D eigenvalue weighted by molar-refractivity contribution is -0.133. The van der Waals surface area contributed by atoms with Crippen molar-refractivity contribution in [2.45, 2.75) is 47.1 Å². The van der Waals surface area contributed by atoms with E-state index in [1.165, 1.54) is 16.7 Å². The summed E-state index contributed by atoms with van der Waals surface area (Å²) in [5, 5.41) is 6.60. The minimum atomic E-state index is -0.258. The van der Waals surface area contributed by atoms with Crippen LogP contribution in [0.5, 0.6) is 0 Å². The number of rotatable bonds is 4. The molecule has 2 N–H and O–H groups in total. The topological polar surface area (TPSA) is 41.1 Å². The fraction of sp³-hybridized carbons (Fsp3) is 0.611. The van der Waals surface area contributed by atoms with Crippen LogP contribution in [0, 0.1) is 25.2 Å². The molecule has 0 spiro atoms. The Bertz CT molecular complexity index is 516. The molecule has 0 saturated carbocycles. The van der Waals surface area contributed by atoms with Crippen LogP contribution in [-0.4, -0.2) is 19.0 Å². The maximum atomic E-state index is 12.8. The quantitative estimate of drug-likeness (QED) is 0.894. The third-order valence-electron chi connectivity index (χ3n) is 4.99. The number of aryl methyl sites for hydroxylation is 2. The van der Waals surface area contributed by atoms with E-state index in [-0.39, 0.29) is 17.4 Å². The molecular weight excluding hydrogens is 260 g/mol. The second-order valence-corrected chi connectivity index (χ2v) is 6.79. The van der Waals surface area contributed by atoms with Gasteiger partial charge in [0.1, 0.15) is 0 Å². The zero-order valence-corrected chi connectivity index (χ0v) is 13.9. The summed E-state index contributed by atoms with van der Waals surface area (Å²) in [7, 11) is 0. The van der Waals surface area contributed by atoms with Crippen LogP contribution in [0.15, 0.2) is 18.2 Å². The summed E-state index contributed by atoms with van der Waals surface area (Å²) in [6, 6.07) is 6.47. The van der Waals surface area contributed by atoms with E-state index in [1.807, 2.05) is 0 Å². The molecule has 1 heterocycles. The van der Waals surface area contributed by atoms with Gasteiger partial charge >= 0.3 is 0 Å². The largest absolute Gasteiger partial charge is 0.349 e. The first kappa shape index (κ1) is 16.0. The molecule has 2 rings (SSSR count). The van der Waals surface area contributed by atoms with Crippen LogP contribution in [0.3, 0.4) is 0 Å². The molecule has 1 aromatic carbocycles. The van der Waals surface area contributed by atoms with E-state index in [0.717, 1.165) is 19.5 Å². The SMILES string of the molecule is Cc1ccc(C)c(C(C)NC(=O)C2(C(C)C)CCNC2)c1. The number of carbonyl (C=O) groups excluding carboxylic acids is 1. The van der Waals surface area contributed by atoms with Crippen LogP contribution in [0.2, 0.25) is 0 Å². The Labute approximate surface area is 128 Å². The monoisotopic (exact) mass is 288 g/mol. The predicted octanol–water partition coefficient (Wildman–Crippen LogP) is 3.12. The molecule has 1 aliphatic rings. The van der Waals surface area contributed by atoms with E-state index in [1.54, 1.807) is 0 Å². The second kappa shape index (κ2) is 6.18. The van der Waals surface area contributed by atoms with E-state index in [0.29, 0.717) is 5.92 Å². The van der Waals surface area contributed by atoms with Crippen LogP contribution in [0.4, 0.5) is 0 Å². The standard InChI is InChI=1S/C18H28N2O/c1-12(2)18(8-9-19-11-18)17(21)20-15(5)16-10-13(3)6-7-14(16)4/h6-7,10,12,15,19H,8-9,11H2,1-5H3,(H,20,21). The van der Waals surface area contributed by atoms with Gasteiger partial charge in [0.2, 0.25) is 5.91 Å². The predicted molar refractivity (Wildman–Crippen MR) is 87.2 cm³/mol. The Hall–Kier alpha value is -1.35. The summed E-state index contributed by atoms with van der Waals surface area (Å²) in [5.74, 6) is 0.536. The molecule has 1 fully saturated rings. The summed E-state index contributed by atoms with van der Waals surface area (Å²) in [4.78, 5) is 12.8. The van der Waals surface area contributed by atoms with Gasteiger partial charge in [0.05, 0.1) is 11.5 Å². The Kier molecular flexibility index (Phi) is 4.72. The van der Waals surface area contributed by atoms with Crippen molar-refractivity contribution >= 4 is 5.91 Å².